The summed E-state index contributed by atoms with van der Waals surface area (Å²) in [6.07, 6.45) is 4.10. The third kappa shape index (κ3) is 5.51. The summed E-state index contributed by atoms with van der Waals surface area (Å²) in [5.41, 5.74) is 1.16. The molecule has 0 saturated heterocycles. The maximum Gasteiger partial charge on any atom is 0.264 e. The highest BCUT2D eigenvalue weighted by Crippen LogP contribution is 2.37. The predicted octanol–water partition coefficient (Wildman–Crippen LogP) is 5.57. The Morgan fingerprint density at radius 2 is 1.70 bits per heavy atom. The summed E-state index contributed by atoms with van der Waals surface area (Å²) in [6.45, 7) is 17.8. The van der Waals surface area contributed by atoms with Crippen molar-refractivity contribution in [1.82, 2.24) is 0 Å². The lowest BCUT2D eigenvalue weighted by Crippen LogP contribution is -2.36. The molecule has 1 rings (SSSR count). The van der Waals surface area contributed by atoms with Crippen LogP contribution in [0.4, 0.5) is 0 Å². The van der Waals surface area contributed by atoms with Crippen molar-refractivity contribution >= 4 is 8.32 Å². The molecule has 20 heavy (non-hydrogen) atoms. The van der Waals surface area contributed by atoms with E-state index in [9.17, 15) is 0 Å². The van der Waals surface area contributed by atoms with Gasteiger partial charge in [-0.2, -0.15) is 0 Å². The summed E-state index contributed by atoms with van der Waals surface area (Å²) >= 11 is 0. The zero-order valence-corrected chi connectivity index (χ0v) is 15.7. The normalized spacial score (nSPS) is 27.4. The van der Waals surface area contributed by atoms with Gasteiger partial charge in [-0.25, -0.2) is 0 Å². The van der Waals surface area contributed by atoms with Gasteiger partial charge in [0.05, 0.1) is 0 Å². The van der Waals surface area contributed by atoms with Crippen molar-refractivity contribution in [3.05, 3.63) is 11.5 Å². The van der Waals surface area contributed by atoms with Crippen LogP contribution in [0.15, 0.2) is 11.5 Å². The van der Waals surface area contributed by atoms with Crippen LogP contribution in [0.1, 0.15) is 53.9 Å². The van der Waals surface area contributed by atoms with E-state index in [4.69, 9.17) is 9.16 Å². The molecule has 1 aliphatic carbocycles. The number of hydrogen-bond donors (Lipinski definition) is 0. The largest absolute Gasteiger partial charge is 0.520 e. The van der Waals surface area contributed by atoms with E-state index >= 15 is 0 Å². The molecule has 0 radical (unpaired) electrons. The first-order valence-electron chi connectivity index (χ1n) is 8.13. The second kappa shape index (κ2) is 7.01. The van der Waals surface area contributed by atoms with Gasteiger partial charge in [0.2, 0.25) is 8.32 Å². The summed E-state index contributed by atoms with van der Waals surface area (Å²) in [6, 6.07) is 0. The molecular formula is C17H34O2Si. The Morgan fingerprint density at radius 3 is 2.15 bits per heavy atom. The Morgan fingerprint density at radius 1 is 1.10 bits per heavy atom. The van der Waals surface area contributed by atoms with Gasteiger partial charge in [-0.1, -0.05) is 27.2 Å². The fraction of sp³-hybridized carbons (Fsp3) is 0.882. The topological polar surface area (TPSA) is 18.5 Å². The van der Waals surface area contributed by atoms with E-state index in [-0.39, 0.29) is 0 Å². The van der Waals surface area contributed by atoms with Gasteiger partial charge >= 0.3 is 0 Å². The fourth-order valence-electron chi connectivity index (χ4n) is 2.91. The van der Waals surface area contributed by atoms with Crippen LogP contribution in [0.5, 0.6) is 0 Å². The van der Waals surface area contributed by atoms with Crippen molar-refractivity contribution in [3.63, 3.8) is 0 Å². The van der Waals surface area contributed by atoms with E-state index in [0.717, 1.165) is 23.9 Å². The van der Waals surface area contributed by atoms with Gasteiger partial charge in [-0.05, 0) is 64.1 Å². The van der Waals surface area contributed by atoms with E-state index in [1.165, 1.54) is 12.8 Å². The van der Waals surface area contributed by atoms with Crippen LogP contribution >= 0.6 is 0 Å². The van der Waals surface area contributed by atoms with Gasteiger partial charge in [0.1, 0.15) is 6.10 Å². The first-order valence-corrected chi connectivity index (χ1v) is 11.5. The van der Waals surface area contributed by atoms with Crippen LogP contribution in [0, 0.1) is 17.8 Å². The molecule has 0 spiro atoms. The lowest BCUT2D eigenvalue weighted by Gasteiger charge is -2.38. The Labute approximate surface area is 127 Å². The molecular weight excluding hydrogens is 264 g/mol. The van der Waals surface area contributed by atoms with Crippen LogP contribution in [0.25, 0.3) is 0 Å². The van der Waals surface area contributed by atoms with Crippen molar-refractivity contribution in [2.45, 2.75) is 79.6 Å². The molecule has 1 aliphatic rings. The van der Waals surface area contributed by atoms with Crippen molar-refractivity contribution in [2.75, 3.05) is 0 Å². The van der Waals surface area contributed by atoms with E-state index in [2.05, 4.69) is 54.3 Å². The highest BCUT2D eigenvalue weighted by molar-refractivity contribution is 6.70. The smallest absolute Gasteiger partial charge is 0.264 e. The molecule has 0 N–H and O–H groups in total. The average Bonchev–Trinajstić information content (AvgIpc) is 2.25. The van der Waals surface area contributed by atoms with Crippen molar-refractivity contribution in [1.29, 1.82) is 0 Å². The predicted molar refractivity (Wildman–Crippen MR) is 89.0 cm³/mol. The van der Waals surface area contributed by atoms with Gasteiger partial charge in [-0.15, -0.1) is 0 Å². The first kappa shape index (κ1) is 17.6. The van der Waals surface area contributed by atoms with Gasteiger partial charge in [0, 0.05) is 5.57 Å². The summed E-state index contributed by atoms with van der Waals surface area (Å²) < 4.78 is 12.5. The molecule has 0 heterocycles. The molecule has 0 bridgehead atoms. The number of hydrogen-bond acceptors (Lipinski definition) is 2. The van der Waals surface area contributed by atoms with Gasteiger partial charge in [-0.3, -0.25) is 0 Å². The minimum atomic E-state index is -1.62. The number of rotatable bonds is 5. The Bertz CT molecular complexity index is 337. The quantitative estimate of drug-likeness (QED) is 0.488. The monoisotopic (exact) mass is 298 g/mol. The highest BCUT2D eigenvalue weighted by atomic mass is 28.4. The Hall–Kier alpha value is -0.443. The Kier molecular flexibility index (Phi) is 6.18. The summed E-state index contributed by atoms with van der Waals surface area (Å²) in [5, 5.41) is 0. The summed E-state index contributed by atoms with van der Waals surface area (Å²) in [5.74, 6) is 2.90. The second-order valence-corrected chi connectivity index (χ2v) is 12.4. The fourth-order valence-corrected chi connectivity index (χ4v) is 3.72. The molecule has 118 valence electrons. The van der Waals surface area contributed by atoms with Crippen LogP contribution < -0.4 is 0 Å². The minimum Gasteiger partial charge on any atom is -0.520 e. The zero-order chi connectivity index (χ0) is 15.5. The van der Waals surface area contributed by atoms with Crippen molar-refractivity contribution in [2.24, 2.45) is 17.8 Å². The lowest BCUT2D eigenvalue weighted by atomic mass is 9.75. The van der Waals surface area contributed by atoms with Crippen LogP contribution in [0.2, 0.25) is 19.6 Å². The van der Waals surface area contributed by atoms with Gasteiger partial charge < -0.3 is 9.16 Å². The second-order valence-electron chi connectivity index (χ2n) is 7.98. The summed E-state index contributed by atoms with van der Waals surface area (Å²) in [7, 11) is -1.62. The summed E-state index contributed by atoms with van der Waals surface area (Å²) in [4.78, 5) is 0. The average molecular weight is 299 g/mol. The zero-order valence-electron chi connectivity index (χ0n) is 14.7. The first-order chi connectivity index (χ1) is 9.10. The molecule has 3 unspecified atom stereocenters. The molecule has 0 amide bonds. The molecule has 3 atom stereocenters. The molecule has 0 aromatic rings. The van der Waals surface area contributed by atoms with E-state index in [1.807, 2.05) is 0 Å². The van der Waals surface area contributed by atoms with E-state index in [0.29, 0.717) is 17.9 Å². The maximum atomic E-state index is 6.37. The third-order valence-corrected chi connectivity index (χ3v) is 4.82. The number of ether oxygens (including phenoxy) is 1. The standard InChI is InChI=1S/C17H34O2Si/c1-12(2)15-10-9-14(5)11-16(15)18-17(13(3)4)19-20(6,7)8/h12,14-16H,9-11H2,1-8H3. The highest BCUT2D eigenvalue weighted by Gasteiger charge is 2.33. The van der Waals surface area contributed by atoms with Crippen LogP contribution in [-0.2, 0) is 9.16 Å². The SMILES string of the molecule is CC(C)=C(OC1CC(C)CCC1C(C)C)O[Si](C)(C)C. The third-order valence-electron chi connectivity index (χ3n) is 4.03. The molecule has 0 aromatic carbocycles. The minimum absolute atomic E-state index is 0.319. The van der Waals surface area contributed by atoms with Gasteiger partial charge in [0.15, 0.2) is 0 Å². The van der Waals surface area contributed by atoms with Crippen molar-refractivity contribution in [3.8, 4) is 0 Å². The van der Waals surface area contributed by atoms with Crippen molar-refractivity contribution < 1.29 is 9.16 Å². The molecule has 0 aromatic heterocycles. The maximum absolute atomic E-state index is 6.37. The van der Waals surface area contributed by atoms with Crippen LogP contribution in [-0.4, -0.2) is 14.4 Å². The molecule has 1 fully saturated rings. The van der Waals surface area contributed by atoms with Crippen LogP contribution in [0.3, 0.4) is 0 Å². The number of allylic oxidation sites excluding steroid dienone is 1. The van der Waals surface area contributed by atoms with Gasteiger partial charge in [0.25, 0.3) is 5.95 Å². The van der Waals surface area contributed by atoms with E-state index in [1.54, 1.807) is 0 Å². The molecule has 0 aliphatic heterocycles. The molecule has 3 heteroatoms. The Balaban J connectivity index is 2.82. The lowest BCUT2D eigenvalue weighted by molar-refractivity contribution is -0.0413. The molecule has 1 saturated carbocycles. The van der Waals surface area contributed by atoms with E-state index < -0.39 is 8.32 Å². The molecule has 2 nitrogen and oxygen atoms in total.